The normalized spacial score (nSPS) is 28.7. The Bertz CT molecular complexity index is 1310. The molecule has 39 heavy (non-hydrogen) atoms. The summed E-state index contributed by atoms with van der Waals surface area (Å²) < 4.78 is 66.8. The van der Waals surface area contributed by atoms with Crippen molar-refractivity contribution in [3.8, 4) is 0 Å². The summed E-state index contributed by atoms with van der Waals surface area (Å²) in [4.78, 5) is 39.9. The summed E-state index contributed by atoms with van der Waals surface area (Å²) in [5.74, 6) is -0.969. The Hall–Kier alpha value is -2.78. The van der Waals surface area contributed by atoms with Crippen molar-refractivity contribution in [1.29, 1.82) is 0 Å². The lowest BCUT2D eigenvalue weighted by molar-refractivity contribution is -0.128. The highest BCUT2D eigenvalue weighted by Crippen LogP contribution is 3.02. The molecule has 1 aromatic rings. The van der Waals surface area contributed by atoms with Gasteiger partial charge in [-0.3, -0.25) is 14.5 Å². The number of piperidine rings is 2. The largest absolute Gasteiger partial charge is 0.347 e. The molecule has 5 rings (SSSR count). The number of thioether (sulfide) groups is 1. The van der Waals surface area contributed by atoms with Crippen molar-refractivity contribution in [2.75, 3.05) is 24.5 Å². The first-order chi connectivity index (χ1) is 18.1. The van der Waals surface area contributed by atoms with Crippen molar-refractivity contribution in [2.24, 2.45) is 5.92 Å². The van der Waals surface area contributed by atoms with Gasteiger partial charge in [-0.2, -0.15) is 0 Å². The molecule has 0 radical (unpaired) electrons. The van der Waals surface area contributed by atoms with E-state index in [9.17, 15) is 33.8 Å². The highest BCUT2D eigenvalue weighted by molar-refractivity contribution is 8.45. The van der Waals surface area contributed by atoms with E-state index in [1.807, 2.05) is 0 Å². The molecule has 4 amide bonds. The van der Waals surface area contributed by atoms with Crippen LogP contribution in [0.4, 0.5) is 29.9 Å². The van der Waals surface area contributed by atoms with Crippen molar-refractivity contribution in [1.82, 2.24) is 20.9 Å². The molecule has 3 saturated heterocycles. The number of carbonyl (C=O) groups is 3. The van der Waals surface area contributed by atoms with Gasteiger partial charge in [-0.15, -0.1) is 0 Å². The maximum absolute atomic E-state index is 13.4. The Morgan fingerprint density at radius 2 is 1.95 bits per heavy atom. The van der Waals surface area contributed by atoms with Crippen LogP contribution in [0.3, 0.4) is 0 Å². The monoisotopic (exact) mass is 593 g/mol. The van der Waals surface area contributed by atoms with E-state index in [-0.39, 0.29) is 40.4 Å². The van der Waals surface area contributed by atoms with Crippen LogP contribution < -0.4 is 20.9 Å². The fourth-order valence-corrected chi connectivity index (χ4v) is 7.84. The summed E-state index contributed by atoms with van der Waals surface area (Å²) in [5, 5.41) is 8.76. The second-order valence-electron chi connectivity index (χ2n) is 10.1. The molecule has 0 saturated carbocycles. The predicted octanol–water partition coefficient (Wildman–Crippen LogP) is 4.74. The highest BCUT2D eigenvalue weighted by atomic mass is 32.5. The van der Waals surface area contributed by atoms with Gasteiger partial charge in [0.2, 0.25) is 5.91 Å². The van der Waals surface area contributed by atoms with Crippen LogP contribution in [-0.2, 0) is 9.59 Å². The molecule has 3 fully saturated rings. The summed E-state index contributed by atoms with van der Waals surface area (Å²) in [5.41, 5.74) is 0.412. The van der Waals surface area contributed by atoms with Gasteiger partial charge in [-0.05, 0) is 62.6 Å². The molecular weight excluding hydrogens is 565 g/mol. The number of nitrogens with zero attached hydrogens (tertiary/aromatic N) is 2. The van der Waals surface area contributed by atoms with Gasteiger partial charge in [0.25, 0.3) is 5.91 Å². The van der Waals surface area contributed by atoms with Crippen LogP contribution in [0.5, 0.6) is 0 Å². The minimum atomic E-state index is -9.88. The van der Waals surface area contributed by atoms with E-state index < -0.39 is 27.2 Å². The second-order valence-corrected chi connectivity index (χ2v) is 13.7. The molecule has 4 heterocycles. The first-order valence-electron chi connectivity index (χ1n) is 12.4. The zero-order chi connectivity index (χ0) is 28.4. The third-order valence-electron chi connectivity index (χ3n) is 7.46. The van der Waals surface area contributed by atoms with Gasteiger partial charge < -0.3 is 20.9 Å². The molecular formula is C24H28F5N5O3S2. The average Bonchev–Trinajstić information content (AvgIpc) is 3.22. The first-order valence-corrected chi connectivity index (χ1v) is 15.2. The molecule has 3 unspecified atom stereocenters. The van der Waals surface area contributed by atoms with Crippen molar-refractivity contribution >= 4 is 45.5 Å². The summed E-state index contributed by atoms with van der Waals surface area (Å²) in [7, 11) is -9.88. The number of hydrogen-bond acceptors (Lipinski definition) is 5. The van der Waals surface area contributed by atoms with Crippen LogP contribution in [0.1, 0.15) is 24.8 Å². The number of benzene rings is 1. The minimum Gasteiger partial charge on any atom is -0.347 e. The van der Waals surface area contributed by atoms with E-state index in [0.717, 1.165) is 6.07 Å². The lowest BCUT2D eigenvalue weighted by Gasteiger charge is -2.46. The van der Waals surface area contributed by atoms with Gasteiger partial charge in [0, 0.05) is 36.4 Å². The van der Waals surface area contributed by atoms with Crippen LogP contribution in [0.25, 0.3) is 0 Å². The number of amides is 4. The number of halogens is 5. The van der Waals surface area contributed by atoms with Gasteiger partial charge in [0.15, 0.2) is 0 Å². The molecule has 214 valence electrons. The number of hydrogen-bond donors (Lipinski definition) is 3. The zero-order valence-electron chi connectivity index (χ0n) is 20.9. The minimum absolute atomic E-state index is 0.0971. The highest BCUT2D eigenvalue weighted by Gasteiger charge is 2.65. The van der Waals surface area contributed by atoms with Gasteiger partial charge in [0.1, 0.15) is 4.90 Å². The average molecular weight is 594 g/mol. The van der Waals surface area contributed by atoms with E-state index in [1.165, 1.54) is 29.7 Å². The molecule has 4 atom stereocenters. The van der Waals surface area contributed by atoms with Crippen LogP contribution in [0.15, 0.2) is 46.4 Å². The number of carbonyl (C=O) groups excluding carboxylic acids is 3. The molecule has 0 spiro atoms. The lowest BCUT2D eigenvalue weighted by atomic mass is 9.86. The first kappa shape index (κ1) is 27.8. The summed E-state index contributed by atoms with van der Waals surface area (Å²) in [6.07, 6.45) is 3.07. The topological polar surface area (TPSA) is 93.8 Å². The SMILES string of the molecule is C=CC(=O)N1CCC[C@@H](NC(=O)C2=C3NC(=O)N(c4ccc(S(F)(F)(F)(F)F)cc4C)C4CCNC(S2)C34)C1. The molecule has 4 aliphatic heterocycles. The van der Waals surface area contributed by atoms with E-state index in [0.29, 0.717) is 61.6 Å². The quantitative estimate of drug-likeness (QED) is 0.339. The van der Waals surface area contributed by atoms with Gasteiger partial charge in [-0.1, -0.05) is 37.8 Å². The van der Waals surface area contributed by atoms with E-state index in [4.69, 9.17) is 0 Å². The lowest BCUT2D eigenvalue weighted by Crippen LogP contribution is -2.62. The molecule has 4 aliphatic rings. The summed E-state index contributed by atoms with van der Waals surface area (Å²) in [6, 6.07) is 0.167. The smallest absolute Gasteiger partial charge is 0.326 e. The van der Waals surface area contributed by atoms with E-state index in [2.05, 4.69) is 22.5 Å². The standard InChI is InChI=1S/C24H28F5N5O3S2/c1-3-18(35)33-10-4-5-14(12-33)31-22(36)21-20-19-17(8-9-30-23(19)38-21)34(24(37)32-20)16-7-6-15(11-13(16)2)39(25,26,27,28)29/h3,6-7,11,14,17,19,23,30H,1,4-5,8-10,12H2,2H3,(H,31,36)(H,32,37)/t14-,17?,19?,23?/m1/s1. The Labute approximate surface area is 226 Å². The second kappa shape index (κ2) is 8.86. The summed E-state index contributed by atoms with van der Waals surface area (Å²) >= 11 is 1.26. The van der Waals surface area contributed by atoms with Crippen molar-refractivity contribution < 1.29 is 33.8 Å². The number of rotatable bonds is 5. The third-order valence-corrected chi connectivity index (χ3v) is 9.96. The summed E-state index contributed by atoms with van der Waals surface area (Å²) in [6.45, 7) is 6.15. The molecule has 15 heteroatoms. The molecule has 1 aromatic carbocycles. The molecule has 8 nitrogen and oxygen atoms in total. The van der Waals surface area contributed by atoms with Gasteiger partial charge in [-0.25, -0.2) is 4.79 Å². The number of likely N-dealkylation sites (tertiary alicyclic amines) is 1. The van der Waals surface area contributed by atoms with Gasteiger partial charge in [0.05, 0.1) is 16.3 Å². The number of aryl methyl sites for hydroxylation is 1. The van der Waals surface area contributed by atoms with Gasteiger partial charge >= 0.3 is 16.3 Å². The zero-order valence-corrected chi connectivity index (χ0v) is 22.5. The van der Waals surface area contributed by atoms with Crippen LogP contribution in [0.2, 0.25) is 0 Å². The Morgan fingerprint density at radius 3 is 2.62 bits per heavy atom. The van der Waals surface area contributed by atoms with Crippen molar-refractivity contribution in [2.45, 2.75) is 48.5 Å². The third kappa shape index (κ3) is 5.23. The Balaban J connectivity index is 1.41. The van der Waals surface area contributed by atoms with E-state index in [1.54, 1.807) is 4.90 Å². The maximum atomic E-state index is 13.4. The van der Waals surface area contributed by atoms with Crippen molar-refractivity contribution in [3.05, 3.63) is 47.0 Å². The Morgan fingerprint density at radius 1 is 1.21 bits per heavy atom. The number of urea groups is 1. The fraction of sp³-hybridized carbons (Fsp3) is 0.458. The molecule has 0 bridgehead atoms. The predicted molar refractivity (Wildman–Crippen MR) is 140 cm³/mol. The number of anilines is 1. The maximum Gasteiger partial charge on any atom is 0.326 e. The van der Waals surface area contributed by atoms with E-state index >= 15 is 0 Å². The number of nitrogens with one attached hydrogen (secondary N) is 3. The molecule has 0 aromatic heterocycles. The molecule has 0 aliphatic carbocycles. The van der Waals surface area contributed by atoms with Crippen LogP contribution >= 0.6 is 22.0 Å². The van der Waals surface area contributed by atoms with Crippen molar-refractivity contribution in [3.63, 3.8) is 0 Å². The Kier molecular flexibility index (Phi) is 6.31. The molecule has 3 N–H and O–H groups in total. The van der Waals surface area contributed by atoms with Crippen LogP contribution in [-0.4, -0.2) is 59.8 Å². The fourth-order valence-electron chi connectivity index (χ4n) is 5.72. The van der Waals surface area contributed by atoms with Crippen LogP contribution in [0, 0.1) is 12.8 Å².